The molecule has 1 aliphatic heterocycles. The molecule has 1 fully saturated rings. The Kier molecular flexibility index (Phi) is 7.13. The van der Waals surface area contributed by atoms with Gasteiger partial charge in [-0.05, 0) is 49.8 Å². The quantitative estimate of drug-likeness (QED) is 0.759. The summed E-state index contributed by atoms with van der Waals surface area (Å²) < 4.78 is 0. The fourth-order valence-corrected chi connectivity index (χ4v) is 4.71. The number of thiazole rings is 1. The molecule has 1 aromatic heterocycles. The zero-order valence-electron chi connectivity index (χ0n) is 16.7. The summed E-state index contributed by atoms with van der Waals surface area (Å²) in [5.74, 6) is 1.20. The predicted octanol–water partition coefficient (Wildman–Crippen LogP) is 4.36. The fourth-order valence-electron chi connectivity index (χ4n) is 3.26. The van der Waals surface area contributed by atoms with E-state index in [0.717, 1.165) is 30.8 Å². The van der Waals surface area contributed by atoms with Gasteiger partial charge in [-0.3, -0.25) is 9.59 Å². The van der Waals surface area contributed by atoms with Crippen LogP contribution in [0.4, 0.5) is 5.13 Å². The monoisotopic (exact) mass is 417 g/mol. The van der Waals surface area contributed by atoms with Gasteiger partial charge in [-0.15, -0.1) is 23.1 Å². The molecular weight excluding hydrogens is 390 g/mol. The van der Waals surface area contributed by atoms with Crippen molar-refractivity contribution in [3.8, 4) is 11.3 Å². The van der Waals surface area contributed by atoms with Crippen LogP contribution >= 0.6 is 23.1 Å². The van der Waals surface area contributed by atoms with Gasteiger partial charge in [0.15, 0.2) is 5.13 Å². The van der Waals surface area contributed by atoms with Crippen molar-refractivity contribution in [3.63, 3.8) is 0 Å². The molecule has 1 unspecified atom stereocenters. The van der Waals surface area contributed by atoms with Crippen LogP contribution in [0, 0.1) is 19.8 Å². The molecule has 1 N–H and O–H groups in total. The number of thioether (sulfide) groups is 1. The van der Waals surface area contributed by atoms with Crippen LogP contribution in [0.25, 0.3) is 11.3 Å². The van der Waals surface area contributed by atoms with E-state index in [-0.39, 0.29) is 17.6 Å². The highest BCUT2D eigenvalue weighted by Crippen LogP contribution is 2.26. The smallest absolute Gasteiger partial charge is 0.236 e. The topological polar surface area (TPSA) is 62.3 Å². The Morgan fingerprint density at radius 2 is 2.11 bits per heavy atom. The molecule has 150 valence electrons. The van der Waals surface area contributed by atoms with Crippen LogP contribution in [0.3, 0.4) is 0 Å². The number of carbonyl (C=O) groups excluding carboxylic acids is 2. The average Bonchev–Trinajstić information content (AvgIpc) is 3.12. The second-order valence-electron chi connectivity index (χ2n) is 7.47. The van der Waals surface area contributed by atoms with Crippen molar-refractivity contribution in [2.45, 2.75) is 33.6 Å². The summed E-state index contributed by atoms with van der Waals surface area (Å²) in [4.78, 5) is 30.9. The molecule has 5 nitrogen and oxygen atoms in total. The minimum absolute atomic E-state index is 0.120. The minimum Gasteiger partial charge on any atom is -0.342 e. The van der Waals surface area contributed by atoms with Crippen molar-refractivity contribution >= 4 is 40.0 Å². The first-order valence-electron chi connectivity index (χ1n) is 9.61. The van der Waals surface area contributed by atoms with E-state index in [4.69, 9.17) is 0 Å². The van der Waals surface area contributed by atoms with E-state index < -0.39 is 0 Å². The maximum absolute atomic E-state index is 12.3. The summed E-state index contributed by atoms with van der Waals surface area (Å²) >= 11 is 2.78. The van der Waals surface area contributed by atoms with Crippen LogP contribution in [0.1, 0.15) is 30.9 Å². The number of amides is 2. The lowest BCUT2D eigenvalue weighted by molar-refractivity contribution is -0.130. The summed E-state index contributed by atoms with van der Waals surface area (Å²) in [7, 11) is 0. The molecule has 2 heterocycles. The van der Waals surface area contributed by atoms with Gasteiger partial charge in [0.25, 0.3) is 0 Å². The number of carbonyl (C=O) groups is 2. The van der Waals surface area contributed by atoms with E-state index in [1.165, 1.54) is 40.6 Å². The lowest BCUT2D eigenvalue weighted by Gasteiger charge is -2.30. The molecule has 7 heteroatoms. The van der Waals surface area contributed by atoms with Crippen LogP contribution in [0.5, 0.6) is 0 Å². The van der Waals surface area contributed by atoms with Gasteiger partial charge in [-0.1, -0.05) is 19.1 Å². The number of rotatable bonds is 6. The fraction of sp³-hybridized carbons (Fsp3) is 0.476. The second-order valence-corrected chi connectivity index (χ2v) is 9.31. The summed E-state index contributed by atoms with van der Waals surface area (Å²) in [5.41, 5.74) is 4.39. The number of likely N-dealkylation sites (tertiary alicyclic amines) is 1. The number of aromatic nitrogens is 1. The third-order valence-corrected chi connectivity index (χ3v) is 6.70. The van der Waals surface area contributed by atoms with Gasteiger partial charge in [-0.2, -0.15) is 0 Å². The predicted molar refractivity (Wildman–Crippen MR) is 118 cm³/mol. The Morgan fingerprint density at radius 3 is 2.86 bits per heavy atom. The lowest BCUT2D eigenvalue weighted by Crippen LogP contribution is -2.40. The molecule has 1 atom stereocenters. The van der Waals surface area contributed by atoms with E-state index in [0.29, 0.717) is 16.8 Å². The summed E-state index contributed by atoms with van der Waals surface area (Å²) in [6.07, 6.45) is 2.27. The maximum Gasteiger partial charge on any atom is 0.236 e. The highest BCUT2D eigenvalue weighted by Gasteiger charge is 2.21. The van der Waals surface area contributed by atoms with Crippen molar-refractivity contribution in [2.75, 3.05) is 29.9 Å². The molecule has 1 aromatic carbocycles. The average molecular weight is 418 g/mol. The van der Waals surface area contributed by atoms with Gasteiger partial charge in [0.05, 0.1) is 17.2 Å². The zero-order chi connectivity index (χ0) is 20.1. The Labute approximate surface area is 174 Å². The molecule has 0 aliphatic carbocycles. The molecule has 0 spiro atoms. The normalized spacial score (nSPS) is 16.8. The van der Waals surface area contributed by atoms with Crippen molar-refractivity contribution in [1.82, 2.24) is 9.88 Å². The number of nitrogens with one attached hydrogen (secondary N) is 1. The van der Waals surface area contributed by atoms with Gasteiger partial charge in [0.2, 0.25) is 11.8 Å². The van der Waals surface area contributed by atoms with Gasteiger partial charge >= 0.3 is 0 Å². The lowest BCUT2D eigenvalue weighted by atomic mass is 10.0. The van der Waals surface area contributed by atoms with E-state index in [2.05, 4.69) is 43.2 Å². The maximum atomic E-state index is 12.3. The Morgan fingerprint density at radius 1 is 1.29 bits per heavy atom. The highest BCUT2D eigenvalue weighted by atomic mass is 32.2. The molecule has 2 aromatic rings. The molecule has 1 aliphatic rings. The Bertz CT molecular complexity index is 850. The Balaban J connectivity index is 1.45. The number of hydrogen-bond donors (Lipinski definition) is 1. The number of aryl methyl sites for hydroxylation is 2. The van der Waals surface area contributed by atoms with Gasteiger partial charge in [0, 0.05) is 24.0 Å². The first kappa shape index (κ1) is 20.9. The number of nitrogens with zero attached hydrogens (tertiary/aromatic N) is 2. The molecule has 1 saturated heterocycles. The SMILES string of the molecule is Cc1ccc(-c2csc(NC(=O)CSCC(=O)N3CCCC(C)C3)n2)cc1C. The van der Waals surface area contributed by atoms with Gasteiger partial charge < -0.3 is 10.2 Å². The van der Waals surface area contributed by atoms with Crippen LogP contribution in [-0.4, -0.2) is 46.3 Å². The van der Waals surface area contributed by atoms with E-state index in [9.17, 15) is 9.59 Å². The highest BCUT2D eigenvalue weighted by molar-refractivity contribution is 8.00. The summed E-state index contributed by atoms with van der Waals surface area (Å²) in [6, 6.07) is 6.24. The third-order valence-electron chi connectivity index (χ3n) is 5.02. The number of anilines is 1. The molecule has 2 amide bonds. The molecule has 3 rings (SSSR count). The van der Waals surface area contributed by atoms with Crippen LogP contribution in [0.2, 0.25) is 0 Å². The Hall–Kier alpha value is -1.86. The zero-order valence-corrected chi connectivity index (χ0v) is 18.3. The van der Waals surface area contributed by atoms with Crippen LogP contribution < -0.4 is 5.32 Å². The summed E-state index contributed by atoms with van der Waals surface area (Å²) in [6.45, 7) is 8.03. The van der Waals surface area contributed by atoms with E-state index in [1.807, 2.05) is 16.3 Å². The largest absolute Gasteiger partial charge is 0.342 e. The molecule has 0 saturated carbocycles. The first-order chi connectivity index (χ1) is 13.4. The van der Waals surface area contributed by atoms with Crippen molar-refractivity contribution in [3.05, 3.63) is 34.7 Å². The van der Waals surface area contributed by atoms with Gasteiger partial charge in [-0.25, -0.2) is 4.98 Å². The molecule has 28 heavy (non-hydrogen) atoms. The summed E-state index contributed by atoms with van der Waals surface area (Å²) in [5, 5.41) is 5.39. The third kappa shape index (κ3) is 5.58. The van der Waals surface area contributed by atoms with Crippen LogP contribution in [-0.2, 0) is 9.59 Å². The second kappa shape index (κ2) is 9.56. The van der Waals surface area contributed by atoms with E-state index in [1.54, 1.807) is 0 Å². The van der Waals surface area contributed by atoms with Gasteiger partial charge in [0.1, 0.15) is 0 Å². The molecule has 0 bridgehead atoms. The van der Waals surface area contributed by atoms with Crippen molar-refractivity contribution < 1.29 is 9.59 Å². The standard InChI is InChI=1S/C21H27N3O2S2/c1-14-5-4-8-24(10-14)20(26)13-27-12-19(25)23-21-22-18(11-28-21)17-7-6-15(2)16(3)9-17/h6-7,9,11,14H,4-5,8,10,12-13H2,1-3H3,(H,22,23,25). The number of hydrogen-bond acceptors (Lipinski definition) is 5. The number of benzene rings is 1. The number of piperidine rings is 1. The first-order valence-corrected chi connectivity index (χ1v) is 11.6. The van der Waals surface area contributed by atoms with Crippen LogP contribution in [0.15, 0.2) is 23.6 Å². The van der Waals surface area contributed by atoms with E-state index >= 15 is 0 Å². The molecular formula is C21H27N3O2S2. The van der Waals surface area contributed by atoms with Crippen molar-refractivity contribution in [2.24, 2.45) is 5.92 Å². The van der Waals surface area contributed by atoms with Crippen molar-refractivity contribution in [1.29, 1.82) is 0 Å². The molecule has 0 radical (unpaired) electrons. The minimum atomic E-state index is -0.120.